The van der Waals surface area contributed by atoms with Gasteiger partial charge in [-0.3, -0.25) is 9.59 Å². The van der Waals surface area contributed by atoms with Gasteiger partial charge in [0.15, 0.2) is 5.78 Å². The summed E-state index contributed by atoms with van der Waals surface area (Å²) in [5.41, 5.74) is -1.29. The summed E-state index contributed by atoms with van der Waals surface area (Å²) in [5.74, 6) is -1.51. The maximum atomic E-state index is 13.4. The van der Waals surface area contributed by atoms with E-state index in [1.807, 2.05) is 30.3 Å². The van der Waals surface area contributed by atoms with E-state index in [9.17, 15) is 24.3 Å². The Balaban J connectivity index is 1.91. The number of carboxylic acid groups (broad SMARTS) is 1. The minimum atomic E-state index is -1.28. The Morgan fingerprint density at radius 3 is 2.44 bits per heavy atom. The number of aromatic carboxylic acids is 1. The zero-order valence-corrected chi connectivity index (χ0v) is 18.6. The fourth-order valence-corrected chi connectivity index (χ4v) is 4.62. The van der Waals surface area contributed by atoms with Crippen LogP contribution >= 0.6 is 22.9 Å². The molecule has 2 heterocycles. The molecule has 0 atom stereocenters. The molecule has 162 valence electrons. The third-order valence-corrected chi connectivity index (χ3v) is 6.65. The molecular formula is C23H17ClN2O5S. The first kappa shape index (κ1) is 21.7. The highest BCUT2D eigenvalue weighted by Crippen LogP contribution is 2.30. The Morgan fingerprint density at radius 2 is 1.78 bits per heavy atom. The van der Waals surface area contributed by atoms with E-state index in [4.69, 9.17) is 11.6 Å². The minimum Gasteiger partial charge on any atom is -0.477 e. The highest BCUT2D eigenvalue weighted by molar-refractivity contribution is 7.13. The van der Waals surface area contributed by atoms with Crippen molar-refractivity contribution in [3.05, 3.63) is 95.8 Å². The molecule has 0 aliphatic heterocycles. The third kappa shape index (κ3) is 3.47. The maximum Gasteiger partial charge on any atom is 0.346 e. The molecule has 2 aromatic heterocycles. The van der Waals surface area contributed by atoms with Gasteiger partial charge in [0.05, 0.1) is 27.0 Å². The Bertz CT molecular complexity index is 1500. The summed E-state index contributed by atoms with van der Waals surface area (Å²) in [4.78, 5) is 53.0. The predicted molar refractivity (Wildman–Crippen MR) is 124 cm³/mol. The molecule has 0 aliphatic rings. The summed E-state index contributed by atoms with van der Waals surface area (Å²) in [7, 11) is 0. The Morgan fingerprint density at radius 1 is 1.09 bits per heavy atom. The number of nitrogens with one attached hydrogen (secondary N) is 1. The number of carboxylic acids is 1. The molecule has 0 saturated carbocycles. The van der Waals surface area contributed by atoms with E-state index in [0.29, 0.717) is 0 Å². The van der Waals surface area contributed by atoms with Crippen molar-refractivity contribution in [1.82, 2.24) is 9.55 Å². The maximum absolute atomic E-state index is 13.4. The molecule has 2 aromatic carbocycles. The van der Waals surface area contributed by atoms with E-state index in [-0.39, 0.29) is 37.8 Å². The number of Topliss-reactive ketones (excluding diaryl/α,β-unsaturated/α-hetero) is 1. The fraction of sp³-hybridized carbons (Fsp3) is 0.130. The summed E-state index contributed by atoms with van der Waals surface area (Å²) in [6, 6.07) is 13.6. The highest BCUT2D eigenvalue weighted by atomic mass is 35.5. The SMILES string of the molecule is CC(C)(C(=O)c1ccc(Cl)c(-n2c(=O)[nH]c3csc(C(=O)O)c3c2=O)c1)c1ccccc1. The number of carbonyl (C=O) groups excluding carboxylic acids is 1. The standard InChI is InChI=1S/C23H17ClN2O5S/c1-23(2,13-6-4-3-5-7-13)19(27)12-8-9-14(24)16(10-12)26-20(28)17-15(25-22(26)31)11-32-18(17)21(29)30/h3-11H,1-2H3,(H,25,31)(H,29,30). The number of benzene rings is 2. The Kier molecular flexibility index (Phi) is 5.36. The van der Waals surface area contributed by atoms with Crippen molar-refractivity contribution in [3.8, 4) is 5.69 Å². The minimum absolute atomic E-state index is 0.00272. The third-order valence-electron chi connectivity index (χ3n) is 5.36. The second kappa shape index (κ2) is 7.89. The molecule has 9 heteroatoms. The fourth-order valence-electron chi connectivity index (χ4n) is 3.59. The van der Waals surface area contributed by atoms with E-state index in [1.165, 1.54) is 23.6 Å². The number of nitrogens with zero attached hydrogens (tertiary/aromatic N) is 1. The van der Waals surface area contributed by atoms with Crippen molar-refractivity contribution in [2.45, 2.75) is 19.3 Å². The Hall–Kier alpha value is -3.49. The molecule has 0 aliphatic carbocycles. The van der Waals surface area contributed by atoms with Gasteiger partial charge >= 0.3 is 11.7 Å². The smallest absolute Gasteiger partial charge is 0.346 e. The number of fused-ring (bicyclic) bond motifs is 1. The number of halogens is 1. The van der Waals surface area contributed by atoms with Crippen LogP contribution in [-0.4, -0.2) is 26.4 Å². The molecular weight excluding hydrogens is 452 g/mol. The molecule has 7 nitrogen and oxygen atoms in total. The van der Waals surface area contributed by atoms with Crippen LogP contribution in [0.5, 0.6) is 0 Å². The van der Waals surface area contributed by atoms with E-state index in [0.717, 1.165) is 21.5 Å². The number of aromatic nitrogens is 2. The molecule has 4 aromatic rings. The van der Waals surface area contributed by atoms with Gasteiger partial charge in [0, 0.05) is 10.9 Å². The van der Waals surface area contributed by atoms with Crippen molar-refractivity contribution < 1.29 is 14.7 Å². The lowest BCUT2D eigenvalue weighted by molar-refractivity contribution is 0.0703. The molecule has 0 bridgehead atoms. The summed E-state index contributed by atoms with van der Waals surface area (Å²) in [6.07, 6.45) is 0. The quantitative estimate of drug-likeness (QED) is 0.425. The summed E-state index contributed by atoms with van der Waals surface area (Å²) in [6.45, 7) is 3.57. The molecule has 0 unspecified atom stereocenters. The van der Waals surface area contributed by atoms with Crippen LogP contribution in [-0.2, 0) is 5.41 Å². The number of aromatic amines is 1. The summed E-state index contributed by atoms with van der Waals surface area (Å²) in [5, 5.41) is 10.7. The molecule has 2 N–H and O–H groups in total. The molecule has 0 spiro atoms. The largest absolute Gasteiger partial charge is 0.477 e. The Labute approximate surface area is 190 Å². The number of carbonyl (C=O) groups is 2. The highest BCUT2D eigenvalue weighted by Gasteiger charge is 2.31. The van der Waals surface area contributed by atoms with Crippen LogP contribution in [0.3, 0.4) is 0 Å². The molecule has 32 heavy (non-hydrogen) atoms. The number of thiophene rings is 1. The molecule has 0 amide bonds. The van der Waals surface area contributed by atoms with Gasteiger partial charge in [-0.2, -0.15) is 0 Å². The van der Waals surface area contributed by atoms with Gasteiger partial charge in [-0.25, -0.2) is 14.2 Å². The summed E-state index contributed by atoms with van der Waals surface area (Å²) < 4.78 is 0.760. The van der Waals surface area contributed by atoms with Crippen LogP contribution in [0.2, 0.25) is 5.02 Å². The van der Waals surface area contributed by atoms with Crippen LogP contribution < -0.4 is 11.2 Å². The van der Waals surface area contributed by atoms with Crippen molar-refractivity contribution in [1.29, 1.82) is 0 Å². The van der Waals surface area contributed by atoms with Gasteiger partial charge in [0.25, 0.3) is 5.56 Å². The first-order valence-electron chi connectivity index (χ1n) is 9.53. The van der Waals surface area contributed by atoms with Crippen molar-refractivity contribution in [2.24, 2.45) is 0 Å². The lowest BCUT2D eigenvalue weighted by Crippen LogP contribution is -2.34. The second-order valence-corrected chi connectivity index (χ2v) is 9.00. The first-order chi connectivity index (χ1) is 15.1. The monoisotopic (exact) mass is 468 g/mol. The zero-order valence-electron chi connectivity index (χ0n) is 17.0. The predicted octanol–water partition coefficient (Wildman–Crippen LogP) is 4.25. The average molecular weight is 469 g/mol. The van der Waals surface area contributed by atoms with Crippen LogP contribution in [0.1, 0.15) is 39.4 Å². The van der Waals surface area contributed by atoms with Crippen LogP contribution in [0, 0.1) is 0 Å². The van der Waals surface area contributed by atoms with Gasteiger partial charge in [0.2, 0.25) is 0 Å². The normalized spacial score (nSPS) is 11.6. The van der Waals surface area contributed by atoms with Crippen molar-refractivity contribution in [3.63, 3.8) is 0 Å². The lowest BCUT2D eigenvalue weighted by atomic mass is 9.78. The van der Waals surface area contributed by atoms with E-state index in [2.05, 4.69) is 4.98 Å². The first-order valence-corrected chi connectivity index (χ1v) is 10.8. The molecule has 0 radical (unpaired) electrons. The number of hydrogen-bond acceptors (Lipinski definition) is 5. The average Bonchev–Trinajstić information content (AvgIpc) is 3.19. The van der Waals surface area contributed by atoms with Crippen LogP contribution in [0.4, 0.5) is 0 Å². The van der Waals surface area contributed by atoms with Gasteiger partial charge in [0.1, 0.15) is 4.88 Å². The van der Waals surface area contributed by atoms with Crippen LogP contribution in [0.15, 0.2) is 63.5 Å². The zero-order chi connectivity index (χ0) is 23.2. The van der Waals surface area contributed by atoms with Crippen LogP contribution in [0.25, 0.3) is 16.6 Å². The van der Waals surface area contributed by atoms with Crippen molar-refractivity contribution in [2.75, 3.05) is 0 Å². The topological polar surface area (TPSA) is 109 Å². The van der Waals surface area contributed by atoms with Gasteiger partial charge < -0.3 is 10.1 Å². The van der Waals surface area contributed by atoms with E-state index < -0.39 is 22.6 Å². The van der Waals surface area contributed by atoms with Gasteiger partial charge in [-0.1, -0.05) is 41.9 Å². The van der Waals surface area contributed by atoms with E-state index in [1.54, 1.807) is 13.8 Å². The molecule has 0 saturated heterocycles. The number of ketones is 1. The second-order valence-electron chi connectivity index (χ2n) is 7.72. The number of hydrogen-bond donors (Lipinski definition) is 2. The van der Waals surface area contributed by atoms with Gasteiger partial charge in [-0.05, 0) is 37.6 Å². The van der Waals surface area contributed by atoms with Crippen molar-refractivity contribution >= 4 is 45.6 Å². The molecule has 0 fully saturated rings. The van der Waals surface area contributed by atoms with Gasteiger partial charge in [-0.15, -0.1) is 11.3 Å². The van der Waals surface area contributed by atoms with E-state index >= 15 is 0 Å². The molecule has 4 rings (SSSR count). The number of H-pyrrole nitrogens is 1. The number of rotatable bonds is 5. The summed E-state index contributed by atoms with van der Waals surface area (Å²) >= 11 is 7.14. The lowest BCUT2D eigenvalue weighted by Gasteiger charge is -2.24.